The maximum atomic E-state index is 12.9. The van der Waals surface area contributed by atoms with Crippen LogP contribution in [0.1, 0.15) is 5.76 Å². The van der Waals surface area contributed by atoms with Gasteiger partial charge in [-0.25, -0.2) is 4.39 Å². The molecule has 1 heterocycles. The van der Waals surface area contributed by atoms with Crippen molar-refractivity contribution in [1.82, 2.24) is 0 Å². The summed E-state index contributed by atoms with van der Waals surface area (Å²) in [5.74, 6) is -1.36. The highest BCUT2D eigenvalue weighted by Crippen LogP contribution is 2.40. The van der Waals surface area contributed by atoms with Crippen LogP contribution in [0.5, 0.6) is 0 Å². The Balaban J connectivity index is 2.59. The molecule has 1 aromatic carbocycles. The van der Waals surface area contributed by atoms with E-state index in [0.29, 0.717) is 0 Å². The molecule has 98 valence electrons. The number of rotatable bonds is 2. The van der Waals surface area contributed by atoms with E-state index < -0.39 is 29.9 Å². The third-order valence-corrected chi connectivity index (χ3v) is 2.65. The van der Waals surface area contributed by atoms with Crippen LogP contribution in [-0.4, -0.2) is 17.8 Å². The zero-order valence-electron chi connectivity index (χ0n) is 8.96. The van der Waals surface area contributed by atoms with Crippen LogP contribution in [0.2, 0.25) is 0 Å². The molecule has 0 spiro atoms. The lowest BCUT2D eigenvalue weighted by Gasteiger charge is -2.26. The van der Waals surface area contributed by atoms with Crippen molar-refractivity contribution in [3.63, 3.8) is 0 Å². The Bertz CT molecular complexity index is 578. The Morgan fingerprint density at radius 1 is 1.22 bits per heavy atom. The molecule has 0 aliphatic rings. The average Bonchev–Trinajstić information content (AvgIpc) is 2.69. The molecular formula is C11H9F4NO2. The number of halogens is 4. The fraction of sp³-hybridized carbons (Fsp3) is 0.273. The van der Waals surface area contributed by atoms with Gasteiger partial charge >= 0.3 is 6.18 Å². The van der Waals surface area contributed by atoms with Crippen LogP contribution >= 0.6 is 0 Å². The van der Waals surface area contributed by atoms with Gasteiger partial charge in [0.1, 0.15) is 17.2 Å². The SMILES string of the molecule is NCC(O)(c1cc2cc(F)ccc2o1)C(F)(F)F. The Morgan fingerprint density at radius 2 is 1.89 bits per heavy atom. The van der Waals surface area contributed by atoms with E-state index >= 15 is 0 Å². The molecule has 1 aromatic heterocycles. The molecule has 1 atom stereocenters. The van der Waals surface area contributed by atoms with Crippen LogP contribution in [0.15, 0.2) is 28.7 Å². The molecule has 7 heteroatoms. The second-order valence-corrected chi connectivity index (χ2v) is 3.85. The predicted molar refractivity (Wildman–Crippen MR) is 55.2 cm³/mol. The molecule has 0 saturated heterocycles. The molecule has 0 amide bonds. The number of hydrogen-bond acceptors (Lipinski definition) is 3. The molecule has 18 heavy (non-hydrogen) atoms. The Morgan fingerprint density at radius 3 is 2.44 bits per heavy atom. The third-order valence-electron chi connectivity index (χ3n) is 2.65. The number of furan rings is 1. The van der Waals surface area contributed by atoms with E-state index in [2.05, 4.69) is 0 Å². The fourth-order valence-corrected chi connectivity index (χ4v) is 1.57. The Kier molecular flexibility index (Phi) is 2.83. The van der Waals surface area contributed by atoms with Crippen molar-refractivity contribution in [3.8, 4) is 0 Å². The van der Waals surface area contributed by atoms with Crippen molar-refractivity contribution in [1.29, 1.82) is 0 Å². The highest BCUT2D eigenvalue weighted by atomic mass is 19.4. The first-order chi connectivity index (χ1) is 8.28. The van der Waals surface area contributed by atoms with E-state index in [4.69, 9.17) is 10.2 Å². The zero-order chi connectivity index (χ0) is 13.6. The first-order valence-electron chi connectivity index (χ1n) is 4.96. The Labute approximate surface area is 98.8 Å². The van der Waals surface area contributed by atoms with Gasteiger partial charge in [0.05, 0.1) is 0 Å². The first-order valence-corrected chi connectivity index (χ1v) is 4.96. The van der Waals surface area contributed by atoms with E-state index in [-0.39, 0.29) is 11.0 Å². The van der Waals surface area contributed by atoms with Crippen molar-refractivity contribution in [2.75, 3.05) is 6.54 Å². The lowest BCUT2D eigenvalue weighted by molar-refractivity contribution is -0.267. The van der Waals surface area contributed by atoms with Gasteiger partial charge in [0, 0.05) is 11.9 Å². The first kappa shape index (κ1) is 12.8. The topological polar surface area (TPSA) is 59.4 Å². The van der Waals surface area contributed by atoms with Crippen LogP contribution < -0.4 is 5.73 Å². The number of benzene rings is 1. The van der Waals surface area contributed by atoms with Gasteiger partial charge < -0.3 is 15.3 Å². The maximum Gasteiger partial charge on any atom is 0.425 e. The third kappa shape index (κ3) is 1.85. The van der Waals surface area contributed by atoms with Gasteiger partial charge in [0.25, 0.3) is 0 Å². The normalized spacial score (nSPS) is 15.9. The van der Waals surface area contributed by atoms with Gasteiger partial charge in [-0.15, -0.1) is 0 Å². The highest BCUT2D eigenvalue weighted by molar-refractivity contribution is 5.78. The molecule has 2 aromatic rings. The molecule has 0 radical (unpaired) electrons. The van der Waals surface area contributed by atoms with Crippen LogP contribution in [-0.2, 0) is 5.60 Å². The molecule has 0 aliphatic carbocycles. The summed E-state index contributed by atoms with van der Waals surface area (Å²) in [5.41, 5.74) is 1.74. The van der Waals surface area contributed by atoms with Crippen LogP contribution in [0.3, 0.4) is 0 Å². The Hall–Kier alpha value is -1.60. The van der Waals surface area contributed by atoms with Gasteiger partial charge in [-0.2, -0.15) is 13.2 Å². The van der Waals surface area contributed by atoms with Gasteiger partial charge in [-0.3, -0.25) is 0 Å². The molecule has 0 aliphatic heterocycles. The monoisotopic (exact) mass is 263 g/mol. The van der Waals surface area contributed by atoms with E-state index in [1.165, 1.54) is 6.07 Å². The number of hydrogen-bond donors (Lipinski definition) is 2. The molecule has 0 fully saturated rings. The van der Waals surface area contributed by atoms with Crippen molar-refractivity contribution in [3.05, 3.63) is 35.8 Å². The van der Waals surface area contributed by atoms with Gasteiger partial charge in [-0.05, 0) is 24.3 Å². The van der Waals surface area contributed by atoms with Crippen molar-refractivity contribution >= 4 is 11.0 Å². The van der Waals surface area contributed by atoms with Crippen molar-refractivity contribution in [2.24, 2.45) is 5.73 Å². The van der Waals surface area contributed by atoms with Crippen molar-refractivity contribution in [2.45, 2.75) is 11.8 Å². The smallest absolute Gasteiger partial charge is 0.425 e. The zero-order valence-corrected chi connectivity index (χ0v) is 8.96. The summed E-state index contributed by atoms with van der Waals surface area (Å²) in [6.07, 6.45) is -4.98. The molecule has 3 N–H and O–H groups in total. The minimum absolute atomic E-state index is 0.0440. The fourth-order valence-electron chi connectivity index (χ4n) is 1.57. The molecule has 0 saturated carbocycles. The standard InChI is InChI=1S/C11H9F4NO2/c12-7-1-2-8-6(3-7)4-9(18-8)10(17,5-16)11(13,14)15/h1-4,17H,5,16H2. The maximum absolute atomic E-state index is 12.9. The molecule has 3 nitrogen and oxygen atoms in total. The minimum atomic E-state index is -4.98. The number of nitrogens with two attached hydrogens (primary N) is 1. The average molecular weight is 263 g/mol. The van der Waals surface area contributed by atoms with E-state index in [0.717, 1.165) is 18.2 Å². The van der Waals surface area contributed by atoms with E-state index in [1.807, 2.05) is 0 Å². The van der Waals surface area contributed by atoms with Gasteiger partial charge in [0.2, 0.25) is 5.60 Å². The van der Waals surface area contributed by atoms with Gasteiger partial charge in [0.15, 0.2) is 0 Å². The predicted octanol–water partition coefficient (Wildman–Crippen LogP) is 2.28. The summed E-state index contributed by atoms with van der Waals surface area (Å²) >= 11 is 0. The largest absolute Gasteiger partial charge is 0.458 e. The van der Waals surface area contributed by atoms with Crippen molar-refractivity contribution < 1.29 is 27.1 Å². The molecule has 1 unspecified atom stereocenters. The van der Waals surface area contributed by atoms with E-state index in [1.54, 1.807) is 0 Å². The summed E-state index contributed by atoms with van der Waals surface area (Å²) in [5, 5.41) is 9.69. The van der Waals surface area contributed by atoms with Crippen LogP contribution in [0, 0.1) is 5.82 Å². The lowest BCUT2D eigenvalue weighted by atomic mass is 10.0. The second kappa shape index (κ2) is 3.96. The van der Waals surface area contributed by atoms with Gasteiger partial charge in [-0.1, -0.05) is 0 Å². The summed E-state index contributed by atoms with van der Waals surface area (Å²) in [6.45, 7) is -1.08. The quantitative estimate of drug-likeness (QED) is 0.817. The number of aliphatic hydroxyl groups is 1. The van der Waals surface area contributed by atoms with E-state index in [9.17, 15) is 22.7 Å². The molecule has 0 bridgehead atoms. The van der Waals surface area contributed by atoms with Crippen LogP contribution in [0.25, 0.3) is 11.0 Å². The molecular weight excluding hydrogens is 254 g/mol. The number of fused-ring (bicyclic) bond motifs is 1. The summed E-state index contributed by atoms with van der Waals surface area (Å²) < 4.78 is 56.0. The summed E-state index contributed by atoms with van der Waals surface area (Å²) in [4.78, 5) is 0. The summed E-state index contributed by atoms with van der Waals surface area (Å²) in [6, 6.07) is 4.17. The summed E-state index contributed by atoms with van der Waals surface area (Å²) in [7, 11) is 0. The highest BCUT2D eigenvalue weighted by Gasteiger charge is 2.56. The molecule has 2 rings (SSSR count). The second-order valence-electron chi connectivity index (χ2n) is 3.85. The lowest BCUT2D eigenvalue weighted by Crippen LogP contribution is -2.48. The minimum Gasteiger partial charge on any atom is -0.458 e. The number of alkyl halides is 3. The van der Waals surface area contributed by atoms with Crippen LogP contribution in [0.4, 0.5) is 17.6 Å².